The molecule has 0 atom stereocenters. The smallest absolute Gasteiger partial charge is 0.164 e. The van der Waals surface area contributed by atoms with Gasteiger partial charge in [-0.3, -0.25) is 4.98 Å². The summed E-state index contributed by atoms with van der Waals surface area (Å²) >= 11 is 1.84. The Morgan fingerprint density at radius 2 is 1.02 bits per heavy atom. The molecule has 9 rings (SSSR count). The fraction of sp³-hybridized carbons (Fsp3) is 0. The van der Waals surface area contributed by atoms with Crippen LogP contribution >= 0.6 is 11.3 Å². The monoisotopic (exact) mass is 592 g/mol. The van der Waals surface area contributed by atoms with E-state index in [1.54, 1.807) is 0 Å². The lowest BCUT2D eigenvalue weighted by atomic mass is 9.99. The number of hydrogen-bond donors (Lipinski definition) is 0. The highest BCUT2D eigenvalue weighted by molar-refractivity contribution is 7.26. The number of benzene rings is 6. The van der Waals surface area contributed by atoms with Crippen LogP contribution in [0, 0.1) is 0 Å². The van der Waals surface area contributed by atoms with E-state index < -0.39 is 0 Å². The molecular weight excluding hydrogens is 569 g/mol. The third kappa shape index (κ3) is 4.36. The Morgan fingerprint density at radius 1 is 0.422 bits per heavy atom. The largest absolute Gasteiger partial charge is 0.256 e. The zero-order valence-corrected chi connectivity index (χ0v) is 24.9. The number of thiophene rings is 1. The van der Waals surface area contributed by atoms with Crippen LogP contribution in [0.3, 0.4) is 0 Å². The summed E-state index contributed by atoms with van der Waals surface area (Å²) in [6.07, 6.45) is 1.87. The highest BCUT2D eigenvalue weighted by Crippen LogP contribution is 2.42. The van der Waals surface area contributed by atoms with Gasteiger partial charge in [0.2, 0.25) is 0 Å². The van der Waals surface area contributed by atoms with Crippen LogP contribution in [0.1, 0.15) is 0 Å². The lowest BCUT2D eigenvalue weighted by Gasteiger charge is -2.12. The summed E-state index contributed by atoms with van der Waals surface area (Å²) in [5, 5.41) is 7.11. The van der Waals surface area contributed by atoms with Gasteiger partial charge < -0.3 is 0 Å². The number of rotatable bonds is 4. The van der Waals surface area contributed by atoms with Crippen molar-refractivity contribution >= 4 is 53.1 Å². The van der Waals surface area contributed by atoms with Crippen molar-refractivity contribution < 1.29 is 0 Å². The van der Waals surface area contributed by atoms with E-state index in [4.69, 9.17) is 19.9 Å². The van der Waals surface area contributed by atoms with Gasteiger partial charge >= 0.3 is 0 Å². The first-order valence-corrected chi connectivity index (χ1v) is 15.7. The van der Waals surface area contributed by atoms with Crippen molar-refractivity contribution in [3.8, 4) is 45.4 Å². The topological polar surface area (TPSA) is 51.6 Å². The molecule has 0 radical (unpaired) electrons. The Morgan fingerprint density at radius 3 is 1.82 bits per heavy atom. The zero-order chi connectivity index (χ0) is 29.7. The predicted octanol–water partition coefficient (Wildman–Crippen LogP) is 10.6. The van der Waals surface area contributed by atoms with E-state index in [0.29, 0.717) is 17.5 Å². The number of fused-ring (bicyclic) bond motifs is 6. The van der Waals surface area contributed by atoms with E-state index in [9.17, 15) is 0 Å². The van der Waals surface area contributed by atoms with Crippen molar-refractivity contribution in [2.24, 2.45) is 0 Å². The van der Waals surface area contributed by atoms with Crippen LogP contribution in [0.15, 0.2) is 146 Å². The standard InChI is InChI=1S/C40H24N4S/c1-2-11-27(12-3-1)38-42-39(28-20-18-26(19-21-28)36-29-13-5-4-10-25(29)22-23-41-36)44-40(43-38)34-24-33-31-15-8-9-17-35(31)45-37(33)32-16-7-6-14-30(32)34/h1-24H. The first-order chi connectivity index (χ1) is 22.3. The van der Waals surface area contributed by atoms with Crippen molar-refractivity contribution in [3.05, 3.63) is 146 Å². The molecule has 0 saturated carbocycles. The molecule has 5 heteroatoms. The van der Waals surface area contributed by atoms with Crippen LogP contribution in [0.25, 0.3) is 87.1 Å². The molecule has 0 fully saturated rings. The number of hydrogen-bond acceptors (Lipinski definition) is 5. The second-order valence-corrected chi connectivity index (χ2v) is 12.1. The number of aromatic nitrogens is 4. The van der Waals surface area contributed by atoms with E-state index in [1.807, 2.05) is 53.9 Å². The number of nitrogens with zero attached hydrogens (tertiary/aromatic N) is 4. The average Bonchev–Trinajstić information content (AvgIpc) is 3.50. The van der Waals surface area contributed by atoms with E-state index in [2.05, 4.69) is 103 Å². The van der Waals surface area contributed by atoms with Crippen LogP contribution in [0.4, 0.5) is 0 Å². The molecule has 6 aromatic carbocycles. The molecular formula is C40H24N4S. The second-order valence-electron chi connectivity index (χ2n) is 11.1. The van der Waals surface area contributed by atoms with Crippen LogP contribution in [-0.2, 0) is 0 Å². The minimum absolute atomic E-state index is 0.635. The summed E-state index contributed by atoms with van der Waals surface area (Å²) in [5.41, 5.74) is 4.88. The van der Waals surface area contributed by atoms with Crippen molar-refractivity contribution in [2.75, 3.05) is 0 Å². The van der Waals surface area contributed by atoms with Gasteiger partial charge in [-0.25, -0.2) is 15.0 Å². The first-order valence-electron chi connectivity index (χ1n) is 14.9. The SMILES string of the molecule is c1ccc(-c2nc(-c3ccc(-c4nccc5ccccc45)cc3)nc(-c3cc4c5ccccc5sc4c4ccccc34)n2)cc1. The summed E-state index contributed by atoms with van der Waals surface area (Å²) in [6, 6.07) is 48.4. The molecule has 4 nitrogen and oxygen atoms in total. The highest BCUT2D eigenvalue weighted by Gasteiger charge is 2.18. The van der Waals surface area contributed by atoms with E-state index in [-0.39, 0.29) is 0 Å². The van der Waals surface area contributed by atoms with Crippen molar-refractivity contribution in [1.82, 2.24) is 19.9 Å². The van der Waals surface area contributed by atoms with Gasteiger partial charge in [0.25, 0.3) is 0 Å². The van der Waals surface area contributed by atoms with Gasteiger partial charge in [0.15, 0.2) is 17.5 Å². The van der Waals surface area contributed by atoms with Crippen LogP contribution in [-0.4, -0.2) is 19.9 Å². The van der Waals surface area contributed by atoms with Gasteiger partial charge in [-0.15, -0.1) is 11.3 Å². The Labute approximate surface area is 263 Å². The molecule has 0 unspecified atom stereocenters. The lowest BCUT2D eigenvalue weighted by Crippen LogP contribution is -2.00. The number of pyridine rings is 1. The summed E-state index contributed by atoms with van der Waals surface area (Å²) < 4.78 is 2.56. The third-order valence-electron chi connectivity index (χ3n) is 8.38. The van der Waals surface area contributed by atoms with Crippen LogP contribution in [0.2, 0.25) is 0 Å². The lowest BCUT2D eigenvalue weighted by molar-refractivity contribution is 1.08. The zero-order valence-electron chi connectivity index (χ0n) is 24.1. The predicted molar refractivity (Wildman–Crippen MR) is 187 cm³/mol. The second kappa shape index (κ2) is 10.4. The first kappa shape index (κ1) is 25.7. The Bertz CT molecular complexity index is 2530. The fourth-order valence-corrected chi connectivity index (χ4v) is 7.42. The van der Waals surface area contributed by atoms with Crippen molar-refractivity contribution in [3.63, 3.8) is 0 Å². The van der Waals surface area contributed by atoms with Gasteiger partial charge in [0, 0.05) is 59.4 Å². The third-order valence-corrected chi connectivity index (χ3v) is 9.60. The van der Waals surface area contributed by atoms with Gasteiger partial charge in [-0.1, -0.05) is 121 Å². The van der Waals surface area contributed by atoms with Crippen LogP contribution < -0.4 is 0 Å². The molecule has 0 aliphatic rings. The fourth-order valence-electron chi connectivity index (χ4n) is 6.20. The summed E-state index contributed by atoms with van der Waals surface area (Å²) in [5.74, 6) is 1.94. The Balaban J connectivity index is 1.25. The molecule has 9 aromatic rings. The van der Waals surface area contributed by atoms with Crippen LogP contribution in [0.5, 0.6) is 0 Å². The summed E-state index contributed by atoms with van der Waals surface area (Å²) in [4.78, 5) is 19.9. The molecule has 3 aromatic heterocycles. The molecule has 0 amide bonds. The molecule has 0 aliphatic carbocycles. The minimum Gasteiger partial charge on any atom is -0.256 e. The molecule has 3 heterocycles. The normalized spacial score (nSPS) is 11.6. The van der Waals surface area contributed by atoms with Gasteiger partial charge in [0.05, 0.1) is 5.69 Å². The van der Waals surface area contributed by atoms with Gasteiger partial charge in [-0.2, -0.15) is 0 Å². The quantitative estimate of drug-likeness (QED) is 0.204. The average molecular weight is 593 g/mol. The minimum atomic E-state index is 0.635. The molecule has 0 N–H and O–H groups in total. The molecule has 0 bridgehead atoms. The van der Waals surface area contributed by atoms with Crippen molar-refractivity contribution in [1.29, 1.82) is 0 Å². The molecule has 210 valence electrons. The highest BCUT2D eigenvalue weighted by atomic mass is 32.1. The van der Waals surface area contributed by atoms with Crippen molar-refractivity contribution in [2.45, 2.75) is 0 Å². The Hall–Kier alpha value is -5.78. The maximum absolute atomic E-state index is 5.14. The summed E-state index contributed by atoms with van der Waals surface area (Å²) in [6.45, 7) is 0. The van der Waals surface area contributed by atoms with Gasteiger partial charge in [0.1, 0.15) is 0 Å². The van der Waals surface area contributed by atoms with E-state index in [1.165, 1.54) is 30.9 Å². The molecule has 0 saturated heterocycles. The maximum atomic E-state index is 5.14. The van der Waals surface area contributed by atoms with E-state index in [0.717, 1.165) is 38.7 Å². The van der Waals surface area contributed by atoms with Gasteiger partial charge in [-0.05, 0) is 29.0 Å². The van der Waals surface area contributed by atoms with E-state index >= 15 is 0 Å². The molecule has 0 spiro atoms. The molecule has 0 aliphatic heterocycles. The maximum Gasteiger partial charge on any atom is 0.164 e. The Kier molecular flexibility index (Phi) is 5.96. The molecule has 45 heavy (non-hydrogen) atoms. The summed E-state index contributed by atoms with van der Waals surface area (Å²) in [7, 11) is 0.